The van der Waals surface area contributed by atoms with Crippen molar-refractivity contribution in [1.82, 2.24) is 0 Å². The molecule has 134 valence electrons. The lowest BCUT2D eigenvalue weighted by molar-refractivity contribution is -0.230. The second-order valence-electron chi connectivity index (χ2n) is 7.93. The molecule has 0 aromatic rings. The minimum absolute atomic E-state index is 0.246. The fourth-order valence-electron chi connectivity index (χ4n) is 5.03. The molecule has 5 aliphatic rings. The standard InChI is InChI=1S/C18H26O6/c19-16-15-14(23-18(24-15)9-5-2-6-10-18)13(21-16)12-11-20-17(22-12)7-3-1-4-8-17/h12-15H,1-11H2/t12-,13+,14?,15?/m1/s1. The van der Waals surface area contributed by atoms with Crippen LogP contribution in [0, 0.1) is 0 Å². The molecule has 0 aromatic heterocycles. The van der Waals surface area contributed by atoms with E-state index in [-0.39, 0.29) is 18.2 Å². The Hall–Kier alpha value is -0.690. The lowest BCUT2D eigenvalue weighted by atomic mass is 9.94. The second kappa shape index (κ2) is 5.66. The molecule has 2 unspecified atom stereocenters. The van der Waals surface area contributed by atoms with Crippen LogP contribution in [0.1, 0.15) is 64.2 Å². The van der Waals surface area contributed by atoms with Crippen LogP contribution in [-0.4, -0.2) is 48.6 Å². The van der Waals surface area contributed by atoms with Gasteiger partial charge in [-0.25, -0.2) is 4.79 Å². The molecule has 3 saturated heterocycles. The van der Waals surface area contributed by atoms with Crippen molar-refractivity contribution in [3.63, 3.8) is 0 Å². The normalized spacial score (nSPS) is 43.2. The van der Waals surface area contributed by atoms with Crippen LogP contribution in [-0.2, 0) is 28.5 Å². The van der Waals surface area contributed by atoms with Crippen LogP contribution >= 0.6 is 0 Å². The van der Waals surface area contributed by atoms with Crippen molar-refractivity contribution in [3.8, 4) is 0 Å². The zero-order valence-corrected chi connectivity index (χ0v) is 14.0. The first-order chi connectivity index (χ1) is 11.7. The molecule has 2 aliphatic carbocycles. The molecule has 4 atom stereocenters. The Balaban J connectivity index is 1.31. The van der Waals surface area contributed by atoms with Crippen LogP contribution in [0.5, 0.6) is 0 Å². The van der Waals surface area contributed by atoms with Crippen LogP contribution in [0.4, 0.5) is 0 Å². The van der Waals surface area contributed by atoms with Gasteiger partial charge in [-0.3, -0.25) is 0 Å². The topological polar surface area (TPSA) is 63.2 Å². The average molecular weight is 338 g/mol. The van der Waals surface area contributed by atoms with Crippen LogP contribution < -0.4 is 0 Å². The molecule has 0 bridgehead atoms. The highest BCUT2D eigenvalue weighted by Crippen LogP contribution is 2.47. The van der Waals surface area contributed by atoms with Gasteiger partial charge in [0.2, 0.25) is 0 Å². The quantitative estimate of drug-likeness (QED) is 0.684. The highest BCUT2D eigenvalue weighted by atomic mass is 16.8. The van der Waals surface area contributed by atoms with Gasteiger partial charge in [0.25, 0.3) is 0 Å². The van der Waals surface area contributed by atoms with Gasteiger partial charge in [-0.2, -0.15) is 0 Å². The van der Waals surface area contributed by atoms with Crippen molar-refractivity contribution < 1.29 is 28.5 Å². The van der Waals surface area contributed by atoms with Crippen LogP contribution in [0.25, 0.3) is 0 Å². The first-order valence-electron chi connectivity index (χ1n) is 9.57. The number of cyclic esters (lactones) is 1. The third kappa shape index (κ3) is 2.42. The fraction of sp³-hybridized carbons (Fsp3) is 0.944. The molecule has 5 rings (SSSR count). The van der Waals surface area contributed by atoms with E-state index >= 15 is 0 Å². The number of rotatable bonds is 1. The summed E-state index contributed by atoms with van der Waals surface area (Å²) in [5, 5.41) is 0. The van der Waals surface area contributed by atoms with E-state index in [0.717, 1.165) is 51.4 Å². The van der Waals surface area contributed by atoms with Gasteiger partial charge in [0, 0.05) is 25.7 Å². The highest BCUT2D eigenvalue weighted by Gasteiger charge is 2.62. The van der Waals surface area contributed by atoms with Crippen molar-refractivity contribution in [2.45, 2.75) is 100 Å². The fourth-order valence-corrected chi connectivity index (χ4v) is 5.03. The monoisotopic (exact) mass is 338 g/mol. The van der Waals surface area contributed by atoms with Crippen molar-refractivity contribution >= 4 is 5.97 Å². The number of carbonyl (C=O) groups is 1. The van der Waals surface area contributed by atoms with E-state index in [1.165, 1.54) is 12.8 Å². The molecule has 3 aliphatic heterocycles. The Morgan fingerprint density at radius 1 is 0.750 bits per heavy atom. The Kier molecular flexibility index (Phi) is 3.67. The van der Waals surface area contributed by atoms with E-state index in [1.807, 2.05) is 0 Å². The predicted molar refractivity (Wildman–Crippen MR) is 82.1 cm³/mol. The van der Waals surface area contributed by atoms with E-state index in [1.54, 1.807) is 0 Å². The third-order valence-electron chi connectivity index (χ3n) is 6.27. The summed E-state index contributed by atoms with van der Waals surface area (Å²) in [6.07, 6.45) is 8.87. The molecule has 2 saturated carbocycles. The molecular weight excluding hydrogens is 312 g/mol. The zero-order valence-electron chi connectivity index (χ0n) is 14.0. The van der Waals surface area contributed by atoms with E-state index in [4.69, 9.17) is 23.7 Å². The minimum Gasteiger partial charge on any atom is -0.455 e. The Morgan fingerprint density at radius 2 is 1.42 bits per heavy atom. The van der Waals surface area contributed by atoms with Gasteiger partial charge in [0.05, 0.1) is 6.61 Å². The molecule has 0 aromatic carbocycles. The van der Waals surface area contributed by atoms with Gasteiger partial charge >= 0.3 is 5.97 Å². The van der Waals surface area contributed by atoms with Crippen molar-refractivity contribution in [2.75, 3.05) is 6.61 Å². The summed E-state index contributed by atoms with van der Waals surface area (Å²) in [4.78, 5) is 12.3. The zero-order chi connectivity index (χ0) is 16.2. The molecule has 6 nitrogen and oxygen atoms in total. The summed E-state index contributed by atoms with van der Waals surface area (Å²) in [6, 6.07) is 0. The molecule has 0 amide bonds. The summed E-state index contributed by atoms with van der Waals surface area (Å²) in [5.74, 6) is -1.34. The van der Waals surface area contributed by atoms with Gasteiger partial charge in [-0.05, 0) is 25.7 Å². The van der Waals surface area contributed by atoms with Gasteiger partial charge in [0.1, 0.15) is 12.2 Å². The summed E-state index contributed by atoms with van der Waals surface area (Å²) >= 11 is 0. The lowest BCUT2D eigenvalue weighted by Gasteiger charge is -2.34. The number of fused-ring (bicyclic) bond motifs is 1. The van der Waals surface area contributed by atoms with E-state index < -0.39 is 23.8 Å². The van der Waals surface area contributed by atoms with E-state index in [2.05, 4.69) is 0 Å². The third-order valence-corrected chi connectivity index (χ3v) is 6.27. The summed E-state index contributed by atoms with van der Waals surface area (Å²) in [5.41, 5.74) is 0. The number of carbonyl (C=O) groups excluding carboxylic acids is 1. The molecule has 6 heteroatoms. The van der Waals surface area contributed by atoms with Crippen molar-refractivity contribution in [1.29, 1.82) is 0 Å². The smallest absolute Gasteiger partial charge is 0.338 e. The number of esters is 1. The summed E-state index contributed by atoms with van der Waals surface area (Å²) in [6.45, 7) is 0.470. The van der Waals surface area contributed by atoms with Gasteiger partial charge < -0.3 is 23.7 Å². The van der Waals surface area contributed by atoms with Crippen LogP contribution in [0.15, 0.2) is 0 Å². The molecule has 24 heavy (non-hydrogen) atoms. The maximum Gasteiger partial charge on any atom is 0.338 e. The van der Waals surface area contributed by atoms with Gasteiger partial charge in [0.15, 0.2) is 23.8 Å². The highest BCUT2D eigenvalue weighted by molar-refractivity contribution is 5.78. The van der Waals surface area contributed by atoms with Gasteiger partial charge in [-0.1, -0.05) is 12.8 Å². The van der Waals surface area contributed by atoms with Crippen LogP contribution in [0.3, 0.4) is 0 Å². The number of ether oxygens (including phenoxy) is 5. The average Bonchev–Trinajstić information content (AvgIpc) is 3.24. The Morgan fingerprint density at radius 3 is 2.12 bits per heavy atom. The maximum absolute atomic E-state index is 12.3. The van der Waals surface area contributed by atoms with Crippen LogP contribution in [0.2, 0.25) is 0 Å². The molecule has 5 fully saturated rings. The lowest BCUT2D eigenvalue weighted by Crippen LogP contribution is -2.43. The SMILES string of the molecule is O=C1O[C@@H]([C@H]2COC3(CCCCC3)O2)C2OC3(CCCCC3)OC12. The Labute approximate surface area is 142 Å². The summed E-state index contributed by atoms with van der Waals surface area (Å²) < 4.78 is 30.2. The second-order valence-corrected chi connectivity index (χ2v) is 7.93. The molecule has 2 spiro atoms. The maximum atomic E-state index is 12.3. The molecule has 0 N–H and O–H groups in total. The first-order valence-corrected chi connectivity index (χ1v) is 9.57. The van der Waals surface area contributed by atoms with Crippen molar-refractivity contribution in [3.05, 3.63) is 0 Å². The molecule has 3 heterocycles. The number of hydrogen-bond donors (Lipinski definition) is 0. The molecular formula is C18H26O6. The predicted octanol–water partition coefficient (Wildman–Crippen LogP) is 2.43. The van der Waals surface area contributed by atoms with E-state index in [9.17, 15) is 4.79 Å². The first kappa shape index (κ1) is 15.6. The largest absolute Gasteiger partial charge is 0.455 e. The number of hydrogen-bond acceptors (Lipinski definition) is 6. The van der Waals surface area contributed by atoms with Crippen molar-refractivity contribution in [2.24, 2.45) is 0 Å². The van der Waals surface area contributed by atoms with Gasteiger partial charge in [-0.15, -0.1) is 0 Å². The van der Waals surface area contributed by atoms with E-state index in [0.29, 0.717) is 6.61 Å². The minimum atomic E-state index is -0.598. The molecule has 0 radical (unpaired) electrons. The Bertz CT molecular complexity index is 508. The summed E-state index contributed by atoms with van der Waals surface area (Å²) in [7, 11) is 0.